The molecule has 0 amide bonds. The molecule has 2 N–H and O–H groups in total. The van der Waals surface area contributed by atoms with Crippen LogP contribution in [0.4, 0.5) is 5.95 Å². The summed E-state index contributed by atoms with van der Waals surface area (Å²) in [6.07, 6.45) is 4.98. The predicted molar refractivity (Wildman–Crippen MR) is 70.4 cm³/mol. The number of hydrogen-bond acceptors (Lipinski definition) is 5. The summed E-state index contributed by atoms with van der Waals surface area (Å²) in [6.45, 7) is 4.03. The molecular weight excluding hydrogens is 244 g/mol. The lowest BCUT2D eigenvalue weighted by molar-refractivity contribution is 0.0695. The Morgan fingerprint density at radius 3 is 3.05 bits per heavy atom. The number of fused-ring (bicyclic) bond motifs is 1. The first-order valence-corrected chi connectivity index (χ1v) is 6.72. The number of nitrogens with zero attached hydrogens (tertiary/aromatic N) is 3. The highest BCUT2D eigenvalue weighted by Crippen LogP contribution is 2.29. The third-order valence-electron chi connectivity index (χ3n) is 4.13. The minimum Gasteiger partial charge on any atom is -0.478 e. The minimum absolute atomic E-state index is 0.166. The standard InChI is InChI=1S/C13H18N4O2/c1-8-9(12(18)19)7-14-13(15-8)16-10-4-6-17-5-2-3-11(10)17/h7,10-11H,2-6H2,1H3,(H,18,19)(H,14,15,16). The maximum atomic E-state index is 10.9. The summed E-state index contributed by atoms with van der Waals surface area (Å²) in [6, 6.07) is 0.973. The molecule has 1 aromatic rings. The molecule has 2 aliphatic heterocycles. The van der Waals surface area contributed by atoms with Crippen LogP contribution in [0.25, 0.3) is 0 Å². The molecule has 0 radical (unpaired) electrons. The normalized spacial score (nSPS) is 26.4. The van der Waals surface area contributed by atoms with Gasteiger partial charge in [0.05, 0.1) is 11.3 Å². The van der Waals surface area contributed by atoms with Crippen molar-refractivity contribution >= 4 is 11.9 Å². The zero-order valence-corrected chi connectivity index (χ0v) is 11.0. The van der Waals surface area contributed by atoms with Crippen molar-refractivity contribution in [1.29, 1.82) is 0 Å². The fraction of sp³-hybridized carbons (Fsp3) is 0.615. The first-order valence-electron chi connectivity index (χ1n) is 6.72. The average Bonchev–Trinajstić information content (AvgIpc) is 2.94. The van der Waals surface area contributed by atoms with E-state index in [-0.39, 0.29) is 5.56 Å². The van der Waals surface area contributed by atoms with Crippen molar-refractivity contribution in [2.24, 2.45) is 0 Å². The number of carboxylic acids is 1. The van der Waals surface area contributed by atoms with Crippen LogP contribution in [0.15, 0.2) is 6.20 Å². The number of rotatable bonds is 3. The second kappa shape index (κ2) is 4.77. The second-order valence-electron chi connectivity index (χ2n) is 5.28. The molecule has 2 atom stereocenters. The van der Waals surface area contributed by atoms with E-state index < -0.39 is 5.97 Å². The topological polar surface area (TPSA) is 78.4 Å². The summed E-state index contributed by atoms with van der Waals surface area (Å²) in [7, 11) is 0. The van der Waals surface area contributed by atoms with Crippen LogP contribution < -0.4 is 5.32 Å². The summed E-state index contributed by atoms with van der Waals surface area (Å²) in [4.78, 5) is 21.8. The van der Waals surface area contributed by atoms with Crippen LogP contribution in [0, 0.1) is 6.92 Å². The number of carboxylic acid groups (broad SMARTS) is 1. The Bertz CT molecular complexity index is 505. The van der Waals surface area contributed by atoms with Gasteiger partial charge in [-0.25, -0.2) is 14.8 Å². The van der Waals surface area contributed by atoms with Crippen molar-refractivity contribution in [3.63, 3.8) is 0 Å². The lowest BCUT2D eigenvalue weighted by Crippen LogP contribution is -2.34. The third kappa shape index (κ3) is 2.28. The van der Waals surface area contributed by atoms with Crippen molar-refractivity contribution in [3.05, 3.63) is 17.5 Å². The smallest absolute Gasteiger partial charge is 0.339 e. The molecule has 19 heavy (non-hydrogen) atoms. The highest BCUT2D eigenvalue weighted by Gasteiger charge is 2.37. The number of carbonyl (C=O) groups is 1. The maximum absolute atomic E-state index is 10.9. The van der Waals surface area contributed by atoms with Crippen molar-refractivity contribution in [2.75, 3.05) is 18.4 Å². The molecule has 0 saturated carbocycles. The molecule has 0 aliphatic carbocycles. The van der Waals surface area contributed by atoms with Crippen LogP contribution >= 0.6 is 0 Å². The molecule has 2 aliphatic rings. The molecule has 102 valence electrons. The highest BCUT2D eigenvalue weighted by atomic mass is 16.4. The van der Waals surface area contributed by atoms with Gasteiger partial charge < -0.3 is 10.4 Å². The lowest BCUT2D eigenvalue weighted by Gasteiger charge is -2.21. The first-order chi connectivity index (χ1) is 9.15. The summed E-state index contributed by atoms with van der Waals surface area (Å²) in [5.74, 6) is -0.437. The van der Waals surface area contributed by atoms with Crippen LogP contribution in [0.3, 0.4) is 0 Å². The zero-order valence-electron chi connectivity index (χ0n) is 11.0. The van der Waals surface area contributed by atoms with Crippen LogP contribution in [0.1, 0.15) is 35.3 Å². The molecular formula is C13H18N4O2. The number of hydrogen-bond donors (Lipinski definition) is 2. The monoisotopic (exact) mass is 262 g/mol. The van der Waals surface area contributed by atoms with Gasteiger partial charge in [0.2, 0.25) is 5.95 Å². The van der Waals surface area contributed by atoms with Gasteiger partial charge in [-0.05, 0) is 32.7 Å². The summed E-state index contributed by atoms with van der Waals surface area (Å²) < 4.78 is 0. The maximum Gasteiger partial charge on any atom is 0.339 e. The largest absolute Gasteiger partial charge is 0.478 e. The molecule has 3 rings (SSSR count). The van der Waals surface area contributed by atoms with Gasteiger partial charge in [-0.2, -0.15) is 0 Å². The summed E-state index contributed by atoms with van der Waals surface area (Å²) >= 11 is 0. The number of aryl methyl sites for hydroxylation is 1. The van der Waals surface area contributed by atoms with E-state index in [1.807, 2.05) is 0 Å². The lowest BCUT2D eigenvalue weighted by atomic mass is 10.1. The SMILES string of the molecule is Cc1nc(NC2CCN3CCCC23)ncc1C(=O)O. The Labute approximate surface area is 111 Å². The van der Waals surface area contributed by atoms with Crippen molar-refractivity contribution in [3.8, 4) is 0 Å². The highest BCUT2D eigenvalue weighted by molar-refractivity contribution is 5.88. The quantitative estimate of drug-likeness (QED) is 0.850. The Kier molecular flexibility index (Phi) is 3.10. The molecule has 0 aromatic carbocycles. The fourth-order valence-corrected chi connectivity index (χ4v) is 3.16. The molecule has 6 nitrogen and oxygen atoms in total. The van der Waals surface area contributed by atoms with Crippen molar-refractivity contribution < 1.29 is 9.90 Å². The van der Waals surface area contributed by atoms with Gasteiger partial charge in [0.1, 0.15) is 0 Å². The Balaban J connectivity index is 1.73. The third-order valence-corrected chi connectivity index (χ3v) is 4.13. The zero-order chi connectivity index (χ0) is 13.4. The van der Waals surface area contributed by atoms with Gasteiger partial charge in [-0.3, -0.25) is 4.90 Å². The van der Waals surface area contributed by atoms with Crippen LogP contribution in [0.2, 0.25) is 0 Å². The predicted octanol–water partition coefficient (Wildman–Crippen LogP) is 1.13. The number of anilines is 1. The van der Waals surface area contributed by atoms with E-state index in [0.717, 1.165) is 13.0 Å². The van der Waals surface area contributed by atoms with Gasteiger partial charge in [0.15, 0.2) is 0 Å². The van der Waals surface area contributed by atoms with Crippen LogP contribution in [-0.4, -0.2) is 51.1 Å². The van der Waals surface area contributed by atoms with Gasteiger partial charge >= 0.3 is 5.97 Å². The molecule has 0 bridgehead atoms. The number of aromatic carboxylic acids is 1. The summed E-state index contributed by atoms with van der Waals surface area (Å²) in [5.41, 5.74) is 0.672. The van der Waals surface area contributed by atoms with Gasteiger partial charge in [-0.1, -0.05) is 0 Å². The van der Waals surface area contributed by atoms with Gasteiger partial charge in [0.25, 0.3) is 0 Å². The molecule has 2 unspecified atom stereocenters. The molecule has 1 aromatic heterocycles. The van der Waals surface area contributed by atoms with E-state index in [9.17, 15) is 4.79 Å². The van der Waals surface area contributed by atoms with Crippen molar-refractivity contribution in [1.82, 2.24) is 14.9 Å². The Morgan fingerprint density at radius 1 is 1.47 bits per heavy atom. The number of nitrogens with one attached hydrogen (secondary N) is 1. The number of aromatic nitrogens is 2. The average molecular weight is 262 g/mol. The van der Waals surface area contributed by atoms with E-state index in [0.29, 0.717) is 23.7 Å². The van der Waals surface area contributed by atoms with E-state index in [1.54, 1.807) is 6.92 Å². The molecule has 2 fully saturated rings. The summed E-state index contributed by atoms with van der Waals surface area (Å²) in [5, 5.41) is 12.3. The van der Waals surface area contributed by atoms with Crippen LogP contribution in [-0.2, 0) is 0 Å². The Morgan fingerprint density at radius 2 is 2.32 bits per heavy atom. The van der Waals surface area contributed by atoms with E-state index in [1.165, 1.54) is 25.6 Å². The van der Waals surface area contributed by atoms with Gasteiger partial charge in [0, 0.05) is 24.8 Å². The molecule has 6 heteroatoms. The van der Waals surface area contributed by atoms with E-state index in [4.69, 9.17) is 5.11 Å². The minimum atomic E-state index is -0.980. The second-order valence-corrected chi connectivity index (χ2v) is 5.28. The fourth-order valence-electron chi connectivity index (χ4n) is 3.16. The van der Waals surface area contributed by atoms with Crippen LogP contribution in [0.5, 0.6) is 0 Å². The van der Waals surface area contributed by atoms with Crippen molar-refractivity contribution in [2.45, 2.75) is 38.3 Å². The van der Waals surface area contributed by atoms with E-state index in [2.05, 4.69) is 20.2 Å². The molecule has 2 saturated heterocycles. The van der Waals surface area contributed by atoms with E-state index >= 15 is 0 Å². The first kappa shape index (κ1) is 12.3. The Hall–Kier alpha value is -1.69. The molecule has 0 spiro atoms. The molecule has 3 heterocycles. The van der Waals surface area contributed by atoms with Gasteiger partial charge in [-0.15, -0.1) is 0 Å².